The molecule has 0 saturated carbocycles. The molecule has 0 fully saturated rings. The molecule has 3 rings (SSSR count). The fraction of sp³-hybridized carbons (Fsp3) is 0.227. The Morgan fingerprint density at radius 2 is 1.54 bits per heavy atom. The average molecular weight is 377 g/mol. The van der Waals surface area contributed by atoms with Gasteiger partial charge in [-0.25, -0.2) is 9.78 Å². The number of hydrogen-bond donors (Lipinski definition) is 1. The third-order valence-corrected chi connectivity index (χ3v) is 4.65. The zero-order chi connectivity index (χ0) is 20.1. The second kappa shape index (κ2) is 8.52. The highest BCUT2D eigenvalue weighted by molar-refractivity contribution is 5.80. The Morgan fingerprint density at radius 3 is 2.00 bits per heavy atom. The quantitative estimate of drug-likeness (QED) is 0.679. The Kier molecular flexibility index (Phi) is 5.89. The van der Waals surface area contributed by atoms with Crippen molar-refractivity contribution in [3.63, 3.8) is 0 Å². The van der Waals surface area contributed by atoms with Crippen molar-refractivity contribution in [3.8, 4) is 5.88 Å². The smallest absolute Gasteiger partial charge is 0.327 e. The maximum absolute atomic E-state index is 12.4. The van der Waals surface area contributed by atoms with Crippen molar-refractivity contribution in [3.05, 3.63) is 83.6 Å². The largest absolute Gasteiger partial charge is 0.481 e. The second-order valence-electron chi connectivity index (χ2n) is 6.54. The second-order valence-corrected chi connectivity index (χ2v) is 6.54. The molecular weight excluding hydrogens is 354 g/mol. The van der Waals surface area contributed by atoms with E-state index in [9.17, 15) is 9.90 Å². The third kappa shape index (κ3) is 4.11. The summed E-state index contributed by atoms with van der Waals surface area (Å²) in [5.74, 6) is -0.653. The highest BCUT2D eigenvalue weighted by Gasteiger charge is 2.35. The van der Waals surface area contributed by atoms with Crippen LogP contribution in [0.15, 0.2) is 66.7 Å². The van der Waals surface area contributed by atoms with Gasteiger partial charge in [-0.05, 0) is 18.1 Å². The number of aliphatic carboxylic acids is 1. The number of carboxylic acid groups (broad SMARTS) is 1. The van der Waals surface area contributed by atoms with Crippen LogP contribution in [0.2, 0.25) is 0 Å². The number of hydrogen-bond acceptors (Lipinski definition) is 5. The van der Waals surface area contributed by atoms with E-state index in [-0.39, 0.29) is 0 Å². The zero-order valence-electron chi connectivity index (χ0n) is 16.1. The number of rotatable bonds is 7. The number of methoxy groups -OCH3 is 1. The Bertz CT molecular complexity index is 893. The summed E-state index contributed by atoms with van der Waals surface area (Å²) in [4.78, 5) is 22.8. The summed E-state index contributed by atoms with van der Waals surface area (Å²) in [6, 6.07) is 20.1. The van der Waals surface area contributed by atoms with E-state index in [4.69, 9.17) is 4.74 Å². The monoisotopic (exact) mass is 377 g/mol. The van der Waals surface area contributed by atoms with Gasteiger partial charge >= 0.3 is 5.97 Å². The molecule has 2 aromatic carbocycles. The Labute approximate surface area is 164 Å². The molecule has 0 saturated heterocycles. The van der Waals surface area contributed by atoms with Crippen molar-refractivity contribution >= 4 is 11.9 Å². The minimum absolute atomic E-state index is 0.307. The van der Waals surface area contributed by atoms with Gasteiger partial charge in [0, 0.05) is 24.7 Å². The number of carbonyl (C=O) groups is 1. The fourth-order valence-electron chi connectivity index (χ4n) is 3.32. The number of ether oxygens (including phenoxy) is 1. The van der Waals surface area contributed by atoms with Crippen molar-refractivity contribution in [1.29, 1.82) is 0 Å². The minimum atomic E-state index is -0.954. The van der Waals surface area contributed by atoms with Crippen molar-refractivity contribution < 1.29 is 14.6 Å². The van der Waals surface area contributed by atoms with Crippen LogP contribution in [0, 0.1) is 6.92 Å². The van der Waals surface area contributed by atoms with Crippen molar-refractivity contribution in [2.45, 2.75) is 18.9 Å². The molecule has 0 aliphatic carbocycles. The zero-order valence-corrected chi connectivity index (χ0v) is 16.1. The highest BCUT2D eigenvalue weighted by atomic mass is 16.5. The summed E-state index contributed by atoms with van der Waals surface area (Å²) < 4.78 is 5.23. The average Bonchev–Trinajstić information content (AvgIpc) is 2.72. The molecule has 0 aliphatic rings. The first-order chi connectivity index (χ1) is 13.5. The lowest BCUT2D eigenvalue weighted by atomic mass is 9.84. The van der Waals surface area contributed by atoms with Crippen LogP contribution in [0.1, 0.15) is 22.7 Å². The number of carboxylic acids is 1. The van der Waals surface area contributed by atoms with E-state index in [2.05, 4.69) is 9.97 Å². The Hall–Kier alpha value is -3.41. The van der Waals surface area contributed by atoms with Gasteiger partial charge in [0.15, 0.2) is 0 Å². The predicted molar refractivity (Wildman–Crippen MR) is 108 cm³/mol. The molecule has 1 N–H and O–H groups in total. The number of benzene rings is 2. The van der Waals surface area contributed by atoms with Crippen LogP contribution in [-0.4, -0.2) is 41.2 Å². The molecule has 0 radical (unpaired) electrons. The van der Waals surface area contributed by atoms with Gasteiger partial charge in [-0.15, -0.1) is 0 Å². The normalized spacial score (nSPS) is 11.9. The number of likely N-dealkylation sites (N-methyl/N-ethyl adjacent to an activating group) is 1. The molecule has 144 valence electrons. The first kappa shape index (κ1) is 19.4. The minimum Gasteiger partial charge on any atom is -0.481 e. The molecule has 6 heteroatoms. The molecule has 1 unspecified atom stereocenters. The standard InChI is InChI=1S/C22H23N3O3/c1-15-14-18(28-3)24-22(23-15)25(2)20(21(26)27)19(16-10-6-4-7-11-16)17-12-8-5-9-13-17/h4-14,19-20H,1-3H3,(H,26,27). The summed E-state index contributed by atoms with van der Waals surface area (Å²) in [6.07, 6.45) is 0. The van der Waals surface area contributed by atoms with Gasteiger partial charge in [-0.3, -0.25) is 0 Å². The van der Waals surface area contributed by atoms with Gasteiger partial charge in [0.05, 0.1) is 7.11 Å². The van der Waals surface area contributed by atoms with Gasteiger partial charge in [0.25, 0.3) is 0 Å². The van der Waals surface area contributed by atoms with Crippen molar-refractivity contribution in [2.24, 2.45) is 0 Å². The lowest BCUT2D eigenvalue weighted by Gasteiger charge is -2.32. The van der Waals surface area contributed by atoms with E-state index in [0.717, 1.165) is 11.1 Å². The van der Waals surface area contributed by atoms with E-state index < -0.39 is 17.9 Å². The summed E-state index contributed by atoms with van der Waals surface area (Å²) in [6.45, 7) is 1.82. The number of aromatic nitrogens is 2. The molecule has 28 heavy (non-hydrogen) atoms. The topological polar surface area (TPSA) is 75.5 Å². The van der Waals surface area contributed by atoms with Crippen molar-refractivity contribution in [2.75, 3.05) is 19.1 Å². The highest BCUT2D eigenvalue weighted by Crippen LogP contribution is 2.32. The molecule has 0 amide bonds. The van der Waals surface area contributed by atoms with E-state index in [1.807, 2.05) is 67.6 Å². The third-order valence-electron chi connectivity index (χ3n) is 4.65. The molecule has 0 spiro atoms. The maximum atomic E-state index is 12.4. The maximum Gasteiger partial charge on any atom is 0.327 e. The first-order valence-corrected chi connectivity index (χ1v) is 8.96. The fourth-order valence-corrected chi connectivity index (χ4v) is 3.32. The van der Waals surface area contributed by atoms with Crippen LogP contribution >= 0.6 is 0 Å². The number of nitrogens with zero attached hydrogens (tertiary/aromatic N) is 3. The molecule has 3 aromatic rings. The van der Waals surface area contributed by atoms with Crippen LogP contribution < -0.4 is 9.64 Å². The van der Waals surface area contributed by atoms with Crippen LogP contribution in [0.5, 0.6) is 5.88 Å². The van der Waals surface area contributed by atoms with Gasteiger partial charge < -0.3 is 14.7 Å². The van der Waals surface area contributed by atoms with Gasteiger partial charge in [0.1, 0.15) is 6.04 Å². The predicted octanol–water partition coefficient (Wildman–Crippen LogP) is 3.52. The number of anilines is 1. The Morgan fingerprint density at radius 1 is 1.00 bits per heavy atom. The van der Waals surface area contributed by atoms with E-state index >= 15 is 0 Å². The first-order valence-electron chi connectivity index (χ1n) is 8.96. The Balaban J connectivity index is 2.12. The van der Waals surface area contributed by atoms with E-state index in [0.29, 0.717) is 17.5 Å². The molecule has 0 bridgehead atoms. The lowest BCUT2D eigenvalue weighted by molar-refractivity contribution is -0.138. The molecule has 1 heterocycles. The summed E-state index contributed by atoms with van der Waals surface area (Å²) in [5, 5.41) is 10.2. The SMILES string of the molecule is COc1cc(C)nc(N(C)C(C(=O)O)C(c2ccccc2)c2ccccc2)n1. The van der Waals surface area contributed by atoms with Crippen LogP contribution in [0.25, 0.3) is 0 Å². The number of aryl methyl sites for hydroxylation is 1. The van der Waals surface area contributed by atoms with Gasteiger partial charge in [-0.2, -0.15) is 4.98 Å². The lowest BCUT2D eigenvalue weighted by Crippen LogP contribution is -2.44. The summed E-state index contributed by atoms with van der Waals surface area (Å²) in [7, 11) is 3.23. The van der Waals surface area contributed by atoms with Gasteiger partial charge in [0.2, 0.25) is 11.8 Å². The molecule has 6 nitrogen and oxygen atoms in total. The molecular formula is C22H23N3O3. The van der Waals surface area contributed by atoms with E-state index in [1.165, 1.54) is 7.11 Å². The van der Waals surface area contributed by atoms with Gasteiger partial charge in [-0.1, -0.05) is 60.7 Å². The molecule has 1 atom stereocenters. The van der Waals surface area contributed by atoms with E-state index in [1.54, 1.807) is 18.0 Å². The summed E-state index contributed by atoms with van der Waals surface area (Å²) in [5.41, 5.74) is 2.52. The molecule has 0 aliphatic heterocycles. The molecule has 1 aromatic heterocycles. The van der Waals surface area contributed by atoms with Crippen LogP contribution in [0.4, 0.5) is 5.95 Å². The summed E-state index contributed by atoms with van der Waals surface area (Å²) >= 11 is 0. The van der Waals surface area contributed by atoms with Crippen molar-refractivity contribution in [1.82, 2.24) is 9.97 Å². The van der Waals surface area contributed by atoms with Crippen LogP contribution in [-0.2, 0) is 4.79 Å². The van der Waals surface area contributed by atoms with Crippen LogP contribution in [0.3, 0.4) is 0 Å².